The lowest BCUT2D eigenvalue weighted by Gasteiger charge is -2.04. The number of aromatic amines is 1. The molecule has 3 N–H and O–H groups in total. The van der Waals surface area contributed by atoms with Gasteiger partial charge in [0.1, 0.15) is 5.75 Å². The molecule has 3 aromatic rings. The van der Waals surface area contributed by atoms with E-state index in [0.717, 1.165) is 39.7 Å². The van der Waals surface area contributed by atoms with Gasteiger partial charge in [-0.3, -0.25) is 9.59 Å². The molecule has 1 aromatic carbocycles. The smallest absolute Gasteiger partial charge is 0.255 e. The molecule has 1 amide bonds. The molecule has 0 radical (unpaired) electrons. The summed E-state index contributed by atoms with van der Waals surface area (Å²) in [4.78, 5) is 35.1. The number of ether oxygens (including phenoxy) is 1. The van der Waals surface area contributed by atoms with Crippen molar-refractivity contribution in [1.29, 1.82) is 0 Å². The molecule has 10 heteroatoms. The molecule has 0 aliphatic rings. The van der Waals surface area contributed by atoms with Crippen LogP contribution >= 0.6 is 23.1 Å². The number of anilines is 1. The predicted molar refractivity (Wildman–Crippen MR) is 109 cm³/mol. The third kappa shape index (κ3) is 5.11. The van der Waals surface area contributed by atoms with Crippen molar-refractivity contribution in [2.24, 2.45) is 0 Å². The monoisotopic (exact) mass is 418 g/mol. The highest BCUT2D eigenvalue weighted by atomic mass is 32.2. The number of aromatic nitrogens is 3. The third-order valence-corrected chi connectivity index (χ3v) is 5.29. The Bertz CT molecular complexity index is 1030. The lowest BCUT2D eigenvalue weighted by atomic mass is 10.1. The molecule has 0 atom stereocenters. The van der Waals surface area contributed by atoms with Gasteiger partial charge in [-0.1, -0.05) is 11.8 Å². The fourth-order valence-electron chi connectivity index (χ4n) is 2.37. The van der Waals surface area contributed by atoms with Gasteiger partial charge in [0.2, 0.25) is 11.8 Å². The fraction of sp³-hybridized carbons (Fsp3) is 0.222. The van der Waals surface area contributed by atoms with E-state index in [1.54, 1.807) is 0 Å². The number of hydrogen-bond acceptors (Lipinski definition) is 8. The molecule has 2 heterocycles. The number of thioether (sulfide) groups is 1. The lowest BCUT2D eigenvalue weighted by Crippen LogP contribution is -2.15. The number of thiazole rings is 1. The number of aromatic hydroxyl groups is 1. The summed E-state index contributed by atoms with van der Waals surface area (Å²) in [5.41, 5.74) is 1.26. The van der Waals surface area contributed by atoms with Crippen LogP contribution in [0.4, 0.5) is 5.13 Å². The van der Waals surface area contributed by atoms with E-state index in [-0.39, 0.29) is 22.7 Å². The maximum absolute atomic E-state index is 12.2. The van der Waals surface area contributed by atoms with Gasteiger partial charge in [0.05, 0.1) is 24.1 Å². The Balaban J connectivity index is 1.64. The maximum atomic E-state index is 12.2. The second kappa shape index (κ2) is 8.89. The van der Waals surface area contributed by atoms with Gasteiger partial charge in [0, 0.05) is 10.4 Å². The van der Waals surface area contributed by atoms with Gasteiger partial charge in [0.15, 0.2) is 10.3 Å². The van der Waals surface area contributed by atoms with Gasteiger partial charge < -0.3 is 20.1 Å². The average molecular weight is 419 g/mol. The highest BCUT2D eigenvalue weighted by molar-refractivity contribution is 7.99. The number of amides is 1. The lowest BCUT2D eigenvalue weighted by molar-refractivity contribution is -0.113. The second-order valence-electron chi connectivity index (χ2n) is 5.63. The van der Waals surface area contributed by atoms with Crippen molar-refractivity contribution < 1.29 is 14.6 Å². The van der Waals surface area contributed by atoms with Crippen molar-refractivity contribution in [3.63, 3.8) is 0 Å². The molecular formula is C18H18N4O4S2. The molecule has 28 heavy (non-hydrogen) atoms. The Morgan fingerprint density at radius 3 is 2.75 bits per heavy atom. The van der Waals surface area contributed by atoms with Crippen molar-refractivity contribution in [3.05, 3.63) is 45.6 Å². The number of H-pyrrole nitrogens is 1. The van der Waals surface area contributed by atoms with E-state index in [1.807, 2.05) is 38.1 Å². The maximum Gasteiger partial charge on any atom is 0.255 e. The van der Waals surface area contributed by atoms with Crippen LogP contribution in [0.2, 0.25) is 0 Å². The number of benzene rings is 1. The van der Waals surface area contributed by atoms with Gasteiger partial charge in [-0.05, 0) is 38.1 Å². The van der Waals surface area contributed by atoms with Crippen LogP contribution in [0.5, 0.6) is 11.6 Å². The SMILES string of the molecule is CCOc1ccc(-c2nc(NC(=O)CSc3nc(O)cc(=O)[nH]3)sc2C)cc1. The molecule has 0 spiro atoms. The number of aryl methyl sites for hydroxylation is 1. The van der Waals surface area contributed by atoms with E-state index in [9.17, 15) is 14.7 Å². The van der Waals surface area contributed by atoms with Crippen LogP contribution in [-0.2, 0) is 4.79 Å². The molecule has 0 saturated carbocycles. The third-order valence-electron chi connectivity index (χ3n) is 3.53. The Morgan fingerprint density at radius 2 is 2.07 bits per heavy atom. The zero-order chi connectivity index (χ0) is 20.1. The number of carbonyl (C=O) groups excluding carboxylic acids is 1. The molecule has 0 unspecified atom stereocenters. The number of nitrogens with one attached hydrogen (secondary N) is 2. The van der Waals surface area contributed by atoms with Crippen molar-refractivity contribution in [2.45, 2.75) is 19.0 Å². The van der Waals surface area contributed by atoms with Crippen molar-refractivity contribution in [3.8, 4) is 22.9 Å². The first-order valence-electron chi connectivity index (χ1n) is 8.38. The minimum absolute atomic E-state index is 0.0173. The quantitative estimate of drug-likeness (QED) is 0.399. The van der Waals surface area contributed by atoms with Gasteiger partial charge in [-0.2, -0.15) is 4.98 Å². The minimum Gasteiger partial charge on any atom is -0.494 e. The van der Waals surface area contributed by atoms with Gasteiger partial charge in [-0.25, -0.2) is 4.98 Å². The summed E-state index contributed by atoms with van der Waals surface area (Å²) < 4.78 is 5.44. The standard InChI is InChI=1S/C18H18N4O4S2/c1-3-26-12-6-4-11(5-7-12)16-10(2)28-18(22-16)21-15(25)9-27-17-19-13(23)8-14(24)20-17/h4-8H,3,9H2,1-2H3,(H,21,22,25)(H2,19,20,23,24). The minimum atomic E-state index is -0.481. The van der Waals surface area contributed by atoms with Crippen LogP contribution in [0, 0.1) is 6.92 Å². The molecule has 0 saturated heterocycles. The van der Waals surface area contributed by atoms with E-state index in [4.69, 9.17) is 4.74 Å². The largest absolute Gasteiger partial charge is 0.494 e. The number of nitrogens with zero attached hydrogens (tertiary/aromatic N) is 2. The van der Waals surface area contributed by atoms with Crippen LogP contribution in [0.25, 0.3) is 11.3 Å². The van der Waals surface area contributed by atoms with E-state index in [0.29, 0.717) is 11.7 Å². The molecule has 8 nitrogen and oxygen atoms in total. The normalized spacial score (nSPS) is 10.6. The van der Waals surface area contributed by atoms with Crippen LogP contribution in [0.3, 0.4) is 0 Å². The topological polar surface area (TPSA) is 117 Å². The van der Waals surface area contributed by atoms with Crippen LogP contribution in [0.1, 0.15) is 11.8 Å². The Hall–Kier alpha value is -2.85. The zero-order valence-electron chi connectivity index (χ0n) is 15.2. The summed E-state index contributed by atoms with van der Waals surface area (Å²) in [5.74, 6) is 0.136. The molecule has 2 aromatic heterocycles. The second-order valence-corrected chi connectivity index (χ2v) is 7.79. The van der Waals surface area contributed by atoms with Crippen LogP contribution in [-0.4, -0.2) is 38.3 Å². The number of rotatable bonds is 7. The van der Waals surface area contributed by atoms with Gasteiger partial charge in [0.25, 0.3) is 5.56 Å². The summed E-state index contributed by atoms with van der Waals surface area (Å²) in [6, 6.07) is 8.59. The van der Waals surface area contributed by atoms with Crippen molar-refractivity contribution >= 4 is 34.1 Å². The molecule has 0 aliphatic carbocycles. The zero-order valence-corrected chi connectivity index (χ0v) is 16.8. The summed E-state index contributed by atoms with van der Waals surface area (Å²) >= 11 is 2.40. The number of hydrogen-bond donors (Lipinski definition) is 3. The van der Waals surface area contributed by atoms with E-state index < -0.39 is 5.56 Å². The first-order chi connectivity index (χ1) is 13.4. The highest BCUT2D eigenvalue weighted by Gasteiger charge is 2.13. The first kappa shape index (κ1) is 19.9. The van der Waals surface area contributed by atoms with Crippen LogP contribution in [0.15, 0.2) is 40.3 Å². The summed E-state index contributed by atoms with van der Waals surface area (Å²) in [7, 11) is 0. The van der Waals surface area contributed by atoms with E-state index in [2.05, 4.69) is 20.3 Å². The first-order valence-corrected chi connectivity index (χ1v) is 10.2. The van der Waals surface area contributed by atoms with E-state index >= 15 is 0 Å². The molecule has 0 aliphatic heterocycles. The number of carbonyl (C=O) groups is 1. The van der Waals surface area contributed by atoms with E-state index in [1.165, 1.54) is 11.3 Å². The highest BCUT2D eigenvalue weighted by Crippen LogP contribution is 2.31. The van der Waals surface area contributed by atoms with Crippen molar-refractivity contribution in [1.82, 2.24) is 15.0 Å². The molecular weight excluding hydrogens is 400 g/mol. The Morgan fingerprint density at radius 1 is 1.32 bits per heavy atom. The molecule has 0 bridgehead atoms. The Kier molecular flexibility index (Phi) is 6.32. The summed E-state index contributed by atoms with van der Waals surface area (Å²) in [6.45, 7) is 4.48. The Labute approximate surface area is 169 Å². The summed E-state index contributed by atoms with van der Waals surface area (Å²) in [5, 5.41) is 12.7. The fourth-order valence-corrected chi connectivity index (χ4v) is 3.90. The van der Waals surface area contributed by atoms with Gasteiger partial charge >= 0.3 is 0 Å². The average Bonchev–Trinajstić information content (AvgIpc) is 3.00. The summed E-state index contributed by atoms with van der Waals surface area (Å²) in [6.07, 6.45) is 0. The molecule has 0 fully saturated rings. The predicted octanol–water partition coefficient (Wildman–Crippen LogP) is 3.04. The molecule has 146 valence electrons. The van der Waals surface area contributed by atoms with Crippen LogP contribution < -0.4 is 15.6 Å². The molecule has 3 rings (SSSR count). The van der Waals surface area contributed by atoms with Crippen molar-refractivity contribution in [2.75, 3.05) is 17.7 Å². The van der Waals surface area contributed by atoms with Gasteiger partial charge in [-0.15, -0.1) is 11.3 Å².